The molecular formula is C12H11BrN6. The molecule has 0 saturated carbocycles. The van der Waals surface area contributed by atoms with Gasteiger partial charge in [-0.25, -0.2) is 15.8 Å². The number of halogens is 1. The van der Waals surface area contributed by atoms with E-state index in [-0.39, 0.29) is 0 Å². The molecule has 0 amide bonds. The molecule has 7 heteroatoms. The van der Waals surface area contributed by atoms with Gasteiger partial charge in [0.25, 0.3) is 0 Å². The lowest BCUT2D eigenvalue weighted by Gasteiger charge is -2.10. The lowest BCUT2D eigenvalue weighted by Crippen LogP contribution is -2.10. The molecule has 0 bridgehead atoms. The van der Waals surface area contributed by atoms with Crippen LogP contribution in [0.15, 0.2) is 28.7 Å². The molecule has 2 rings (SSSR count). The Bertz CT molecular complexity index is 649. The molecule has 19 heavy (non-hydrogen) atoms. The van der Waals surface area contributed by atoms with Crippen molar-refractivity contribution in [2.24, 2.45) is 5.84 Å². The third-order valence-corrected chi connectivity index (χ3v) is 2.84. The van der Waals surface area contributed by atoms with Crippen LogP contribution in [0.25, 0.3) is 0 Å². The molecule has 1 heterocycles. The number of hydrazine groups is 1. The van der Waals surface area contributed by atoms with Crippen molar-refractivity contribution in [2.45, 2.75) is 6.92 Å². The molecule has 6 nitrogen and oxygen atoms in total. The first-order valence-electron chi connectivity index (χ1n) is 5.41. The average molecular weight is 319 g/mol. The van der Waals surface area contributed by atoms with E-state index in [1.807, 2.05) is 12.1 Å². The maximum atomic E-state index is 9.07. The summed E-state index contributed by atoms with van der Waals surface area (Å²) >= 11 is 3.37. The van der Waals surface area contributed by atoms with Crippen molar-refractivity contribution in [3.63, 3.8) is 0 Å². The summed E-state index contributed by atoms with van der Waals surface area (Å²) in [5.41, 5.74) is 3.66. The Labute approximate surface area is 118 Å². The molecule has 1 aromatic carbocycles. The molecule has 0 radical (unpaired) electrons. The zero-order chi connectivity index (χ0) is 13.8. The minimum Gasteiger partial charge on any atom is -0.339 e. The van der Waals surface area contributed by atoms with Crippen molar-refractivity contribution in [1.29, 1.82) is 5.26 Å². The van der Waals surface area contributed by atoms with Gasteiger partial charge in [0.15, 0.2) is 0 Å². The number of nitrogens with two attached hydrogens (primary N) is 1. The van der Waals surface area contributed by atoms with Gasteiger partial charge >= 0.3 is 0 Å². The fraction of sp³-hybridized carbons (Fsp3) is 0.0833. The fourth-order valence-electron chi connectivity index (χ4n) is 1.56. The summed E-state index contributed by atoms with van der Waals surface area (Å²) in [5.74, 6) is 6.98. The van der Waals surface area contributed by atoms with Gasteiger partial charge in [-0.2, -0.15) is 5.26 Å². The molecule has 0 saturated heterocycles. The molecule has 0 fully saturated rings. The third kappa shape index (κ3) is 3.19. The Hall–Kier alpha value is -2.17. The number of rotatable bonds is 3. The van der Waals surface area contributed by atoms with Gasteiger partial charge in [0.2, 0.25) is 0 Å². The predicted molar refractivity (Wildman–Crippen MR) is 76.7 cm³/mol. The van der Waals surface area contributed by atoms with Gasteiger partial charge in [0.05, 0.1) is 11.3 Å². The van der Waals surface area contributed by atoms with E-state index >= 15 is 0 Å². The molecule has 4 N–H and O–H groups in total. The summed E-state index contributed by atoms with van der Waals surface area (Å²) in [4.78, 5) is 8.33. The predicted octanol–water partition coefficient (Wildman–Crippen LogP) is 2.45. The number of aryl methyl sites for hydroxylation is 1. The minimum absolute atomic E-state index is 0.503. The molecule has 96 valence electrons. The quantitative estimate of drug-likeness (QED) is 0.593. The van der Waals surface area contributed by atoms with Gasteiger partial charge in [0, 0.05) is 10.5 Å². The van der Waals surface area contributed by atoms with Crippen LogP contribution in [0.3, 0.4) is 0 Å². The molecule has 0 atom stereocenters. The third-order valence-electron chi connectivity index (χ3n) is 2.35. The molecule has 0 aliphatic carbocycles. The lowest BCUT2D eigenvalue weighted by molar-refractivity contribution is 1.05. The van der Waals surface area contributed by atoms with Crippen LogP contribution in [0.2, 0.25) is 0 Å². The number of nitrogens with one attached hydrogen (secondary N) is 2. The van der Waals surface area contributed by atoms with E-state index < -0.39 is 0 Å². The number of hydrogen-bond donors (Lipinski definition) is 3. The van der Waals surface area contributed by atoms with E-state index in [1.54, 1.807) is 19.1 Å². The van der Waals surface area contributed by atoms with Crippen molar-refractivity contribution < 1.29 is 0 Å². The van der Waals surface area contributed by atoms with Crippen LogP contribution >= 0.6 is 15.9 Å². The highest BCUT2D eigenvalue weighted by atomic mass is 79.9. The molecule has 0 aliphatic heterocycles. The summed E-state index contributed by atoms with van der Waals surface area (Å²) in [6, 6.07) is 9.12. The van der Waals surface area contributed by atoms with Crippen molar-refractivity contribution in [3.05, 3.63) is 40.1 Å². The fourth-order valence-corrected chi connectivity index (χ4v) is 1.92. The monoisotopic (exact) mass is 318 g/mol. The summed E-state index contributed by atoms with van der Waals surface area (Å²) in [7, 11) is 0. The van der Waals surface area contributed by atoms with Gasteiger partial charge in [0.1, 0.15) is 23.5 Å². The summed E-state index contributed by atoms with van der Waals surface area (Å²) in [6.45, 7) is 1.76. The second-order valence-electron chi connectivity index (χ2n) is 3.76. The molecule has 1 aromatic heterocycles. The molecule has 2 aromatic rings. The van der Waals surface area contributed by atoms with Gasteiger partial charge in [-0.3, -0.25) is 0 Å². The zero-order valence-corrected chi connectivity index (χ0v) is 11.7. The Morgan fingerprint density at radius 1 is 1.26 bits per heavy atom. The normalized spacial score (nSPS) is 9.79. The van der Waals surface area contributed by atoms with E-state index in [4.69, 9.17) is 11.1 Å². The lowest BCUT2D eigenvalue weighted by atomic mass is 10.2. The molecule has 0 unspecified atom stereocenters. The largest absolute Gasteiger partial charge is 0.339 e. The molecule has 0 aliphatic rings. The number of nitriles is 1. The number of anilines is 3. The summed E-state index contributed by atoms with van der Waals surface area (Å²) in [5, 5.41) is 12.2. The maximum Gasteiger partial charge on any atom is 0.145 e. The number of benzene rings is 1. The van der Waals surface area contributed by atoms with E-state index in [0.29, 0.717) is 28.7 Å². The number of nitrogens with zero attached hydrogens (tertiary/aromatic N) is 3. The second-order valence-corrected chi connectivity index (χ2v) is 4.67. The van der Waals surface area contributed by atoms with E-state index in [2.05, 4.69) is 42.7 Å². The Balaban J connectivity index is 2.38. The van der Waals surface area contributed by atoms with Crippen LogP contribution < -0.4 is 16.6 Å². The van der Waals surface area contributed by atoms with Crippen molar-refractivity contribution >= 4 is 33.3 Å². The maximum absolute atomic E-state index is 9.07. The first-order chi connectivity index (χ1) is 9.12. The van der Waals surface area contributed by atoms with Crippen LogP contribution in [0, 0.1) is 18.3 Å². The van der Waals surface area contributed by atoms with Crippen LogP contribution in [0.1, 0.15) is 11.4 Å². The topological polar surface area (TPSA) is 99.6 Å². The summed E-state index contributed by atoms with van der Waals surface area (Å²) < 4.78 is 0.872. The number of aromatic nitrogens is 2. The van der Waals surface area contributed by atoms with Gasteiger partial charge in [-0.05, 0) is 25.1 Å². The van der Waals surface area contributed by atoms with E-state index in [9.17, 15) is 0 Å². The molecular weight excluding hydrogens is 308 g/mol. The number of nitrogen functional groups attached to an aromatic ring is 1. The first-order valence-corrected chi connectivity index (χ1v) is 6.20. The smallest absolute Gasteiger partial charge is 0.145 e. The van der Waals surface area contributed by atoms with Gasteiger partial charge in [-0.15, -0.1) is 0 Å². The minimum atomic E-state index is 0.503. The van der Waals surface area contributed by atoms with Crippen LogP contribution in [-0.4, -0.2) is 9.97 Å². The van der Waals surface area contributed by atoms with Gasteiger partial charge < -0.3 is 10.7 Å². The standard InChI is InChI=1S/C12H11BrN6/c1-7-16-11(5-12(17-7)19-15)18-10-4-9(13)3-2-8(10)6-14/h2-5H,15H2,1H3,(H2,16,17,18,19). The van der Waals surface area contributed by atoms with Crippen molar-refractivity contribution in [1.82, 2.24) is 9.97 Å². The SMILES string of the molecule is Cc1nc(NN)cc(Nc2cc(Br)ccc2C#N)n1. The highest BCUT2D eigenvalue weighted by molar-refractivity contribution is 9.10. The van der Waals surface area contributed by atoms with Crippen molar-refractivity contribution in [2.75, 3.05) is 10.7 Å². The van der Waals surface area contributed by atoms with Crippen LogP contribution in [0.5, 0.6) is 0 Å². The molecule has 0 spiro atoms. The average Bonchev–Trinajstić information content (AvgIpc) is 2.38. The highest BCUT2D eigenvalue weighted by Gasteiger charge is 2.06. The highest BCUT2D eigenvalue weighted by Crippen LogP contribution is 2.24. The number of hydrogen-bond acceptors (Lipinski definition) is 6. The van der Waals surface area contributed by atoms with Crippen LogP contribution in [-0.2, 0) is 0 Å². The van der Waals surface area contributed by atoms with Crippen LogP contribution in [0.4, 0.5) is 17.3 Å². The first kappa shape index (κ1) is 13.3. The zero-order valence-electron chi connectivity index (χ0n) is 10.1. The van der Waals surface area contributed by atoms with E-state index in [0.717, 1.165) is 4.47 Å². The second kappa shape index (κ2) is 5.65. The van der Waals surface area contributed by atoms with Crippen molar-refractivity contribution in [3.8, 4) is 6.07 Å². The van der Waals surface area contributed by atoms with E-state index in [1.165, 1.54) is 0 Å². The Morgan fingerprint density at radius 3 is 2.68 bits per heavy atom. The summed E-state index contributed by atoms with van der Waals surface area (Å²) in [6.07, 6.45) is 0. The Kier molecular flexibility index (Phi) is 3.94. The van der Waals surface area contributed by atoms with Gasteiger partial charge in [-0.1, -0.05) is 15.9 Å². The Morgan fingerprint density at radius 2 is 2.00 bits per heavy atom.